The second kappa shape index (κ2) is 7.34. The number of carbonyl (C=O) groups is 3. The van der Waals surface area contributed by atoms with Gasteiger partial charge in [0.15, 0.2) is 5.92 Å². The monoisotopic (exact) mass is 272 g/mol. The molecule has 98 valence electrons. The minimum atomic E-state index is -1.50. The largest absolute Gasteiger partial charge is 0.468 e. The molecule has 1 atom stereocenters. The van der Waals surface area contributed by atoms with E-state index in [1.54, 1.807) is 6.07 Å². The fourth-order valence-electron chi connectivity index (χ4n) is 1.14. The molecule has 0 aromatic heterocycles. The summed E-state index contributed by atoms with van der Waals surface area (Å²) in [7, 11) is 2.15. The van der Waals surface area contributed by atoms with E-state index in [2.05, 4.69) is 9.47 Å². The first-order valence-electron chi connectivity index (χ1n) is 4.58. The molecule has 0 aliphatic heterocycles. The lowest BCUT2D eigenvalue weighted by Gasteiger charge is -2.14. The zero-order chi connectivity index (χ0) is 14.3. The van der Waals surface area contributed by atoms with Crippen molar-refractivity contribution in [3.63, 3.8) is 0 Å². The number of nitrogens with zero attached hydrogens (tertiary/aromatic N) is 1. The molecule has 2 N–H and O–H groups in total. The van der Waals surface area contributed by atoms with Gasteiger partial charge in [-0.15, -0.1) is 11.8 Å². The molecule has 0 saturated carbocycles. The Hall–Kier alpha value is -2.01. The van der Waals surface area contributed by atoms with Crippen molar-refractivity contribution in [3.8, 4) is 6.07 Å². The van der Waals surface area contributed by atoms with Gasteiger partial charge in [0.2, 0.25) is 5.91 Å². The number of rotatable bonds is 5. The van der Waals surface area contributed by atoms with Crippen LogP contribution in [0.3, 0.4) is 0 Å². The minimum Gasteiger partial charge on any atom is -0.468 e. The van der Waals surface area contributed by atoms with Gasteiger partial charge in [0.1, 0.15) is 11.6 Å². The van der Waals surface area contributed by atoms with Crippen molar-refractivity contribution in [2.45, 2.75) is 0 Å². The second-order valence-electron chi connectivity index (χ2n) is 2.91. The summed E-state index contributed by atoms with van der Waals surface area (Å²) in [6, 6.07) is 1.59. The maximum absolute atomic E-state index is 11.5. The predicted molar refractivity (Wildman–Crippen MR) is 62.9 cm³/mol. The van der Waals surface area contributed by atoms with E-state index in [0.717, 1.165) is 26.0 Å². The van der Waals surface area contributed by atoms with Crippen molar-refractivity contribution < 1.29 is 23.9 Å². The van der Waals surface area contributed by atoms with Crippen LogP contribution >= 0.6 is 11.8 Å². The summed E-state index contributed by atoms with van der Waals surface area (Å²) in [4.78, 5) is 34.0. The summed E-state index contributed by atoms with van der Waals surface area (Å²) in [6.07, 6.45) is 1.49. The highest BCUT2D eigenvalue weighted by atomic mass is 32.2. The van der Waals surface area contributed by atoms with Crippen LogP contribution in [0.2, 0.25) is 0 Å². The van der Waals surface area contributed by atoms with Crippen molar-refractivity contribution in [2.24, 2.45) is 11.7 Å². The van der Waals surface area contributed by atoms with Crippen LogP contribution in [0.25, 0.3) is 0 Å². The third-order valence-electron chi connectivity index (χ3n) is 1.95. The third-order valence-corrected chi connectivity index (χ3v) is 2.83. The molecule has 0 saturated heterocycles. The molecule has 1 unspecified atom stereocenters. The molecular weight excluding hydrogens is 260 g/mol. The number of carbonyl (C=O) groups excluding carboxylic acids is 3. The van der Waals surface area contributed by atoms with E-state index in [0.29, 0.717) is 0 Å². The van der Waals surface area contributed by atoms with Crippen LogP contribution in [0.1, 0.15) is 0 Å². The highest BCUT2D eigenvalue weighted by molar-refractivity contribution is 8.02. The van der Waals surface area contributed by atoms with Crippen molar-refractivity contribution in [2.75, 3.05) is 20.5 Å². The van der Waals surface area contributed by atoms with E-state index >= 15 is 0 Å². The van der Waals surface area contributed by atoms with Crippen LogP contribution in [0.4, 0.5) is 0 Å². The lowest BCUT2D eigenvalue weighted by atomic mass is 10.0. The van der Waals surface area contributed by atoms with Crippen molar-refractivity contribution in [3.05, 3.63) is 10.5 Å². The number of esters is 2. The first kappa shape index (κ1) is 16.0. The average molecular weight is 272 g/mol. The lowest BCUT2D eigenvalue weighted by molar-refractivity contribution is -0.147. The smallest absolute Gasteiger partial charge is 0.349 e. The zero-order valence-corrected chi connectivity index (χ0v) is 10.9. The maximum atomic E-state index is 11.5. The quantitative estimate of drug-likeness (QED) is 0.312. The first-order chi connectivity index (χ1) is 8.44. The van der Waals surface area contributed by atoms with Gasteiger partial charge in [-0.1, -0.05) is 0 Å². The molecule has 0 heterocycles. The summed E-state index contributed by atoms with van der Waals surface area (Å²) in [5.74, 6) is -4.40. The Kier molecular flexibility index (Phi) is 6.52. The summed E-state index contributed by atoms with van der Waals surface area (Å²) in [5.41, 5.74) is 4.63. The number of nitriles is 1. The van der Waals surface area contributed by atoms with Crippen molar-refractivity contribution in [1.29, 1.82) is 5.26 Å². The summed E-state index contributed by atoms with van der Waals surface area (Å²) in [5, 5.41) is 8.89. The van der Waals surface area contributed by atoms with Crippen LogP contribution in [-0.4, -0.2) is 38.3 Å². The number of amides is 1. The Bertz CT molecular complexity index is 438. The number of hydrogen-bond acceptors (Lipinski definition) is 7. The Morgan fingerprint density at radius 1 is 1.28 bits per heavy atom. The maximum Gasteiger partial charge on any atom is 0.349 e. The fourth-order valence-corrected chi connectivity index (χ4v) is 1.92. The topological polar surface area (TPSA) is 119 Å². The van der Waals surface area contributed by atoms with Gasteiger partial charge in [-0.3, -0.25) is 9.59 Å². The van der Waals surface area contributed by atoms with Gasteiger partial charge in [0, 0.05) is 4.91 Å². The number of primary amides is 1. The Labute approximate surface area is 108 Å². The van der Waals surface area contributed by atoms with Gasteiger partial charge in [-0.05, 0) is 6.26 Å². The fraction of sp³-hybridized carbons (Fsp3) is 0.400. The van der Waals surface area contributed by atoms with E-state index < -0.39 is 29.3 Å². The van der Waals surface area contributed by atoms with Gasteiger partial charge in [-0.25, -0.2) is 4.79 Å². The van der Waals surface area contributed by atoms with Gasteiger partial charge in [-0.2, -0.15) is 5.26 Å². The highest BCUT2D eigenvalue weighted by Crippen LogP contribution is 2.27. The first-order valence-corrected chi connectivity index (χ1v) is 5.80. The highest BCUT2D eigenvalue weighted by Gasteiger charge is 2.33. The van der Waals surface area contributed by atoms with Crippen molar-refractivity contribution in [1.82, 2.24) is 0 Å². The molecule has 0 rings (SSSR count). The molecule has 0 aromatic rings. The molecule has 0 spiro atoms. The molecule has 0 aliphatic carbocycles. The zero-order valence-electron chi connectivity index (χ0n) is 10.1. The van der Waals surface area contributed by atoms with E-state index in [4.69, 9.17) is 11.0 Å². The second-order valence-corrected chi connectivity index (χ2v) is 3.75. The third kappa shape index (κ3) is 3.49. The Balaban J connectivity index is 5.83. The number of ether oxygens (including phenoxy) is 2. The average Bonchev–Trinajstić information content (AvgIpc) is 2.36. The SMILES string of the molecule is COC(=O)/C(C#N)=C(\SC)C(C(N)=O)C(=O)OC. The minimum absolute atomic E-state index is 0.0938. The van der Waals surface area contributed by atoms with Gasteiger partial charge >= 0.3 is 11.9 Å². The summed E-state index contributed by atoms with van der Waals surface area (Å²) >= 11 is 0.881. The molecule has 0 bridgehead atoms. The molecule has 18 heavy (non-hydrogen) atoms. The van der Waals surface area contributed by atoms with Gasteiger partial charge in [0.05, 0.1) is 14.2 Å². The molecule has 0 aliphatic rings. The molecule has 8 heteroatoms. The number of methoxy groups -OCH3 is 2. The normalized spacial score (nSPS) is 12.8. The van der Waals surface area contributed by atoms with Crippen LogP contribution in [0, 0.1) is 17.2 Å². The number of thioether (sulfide) groups is 1. The Morgan fingerprint density at radius 3 is 2.11 bits per heavy atom. The van der Waals surface area contributed by atoms with Gasteiger partial charge in [0.25, 0.3) is 0 Å². The van der Waals surface area contributed by atoms with E-state index in [9.17, 15) is 14.4 Å². The van der Waals surface area contributed by atoms with Crippen molar-refractivity contribution >= 4 is 29.6 Å². The van der Waals surface area contributed by atoms with Crippen LogP contribution in [-0.2, 0) is 23.9 Å². The molecular formula is C10H12N2O5S. The van der Waals surface area contributed by atoms with Crippen LogP contribution in [0.15, 0.2) is 10.5 Å². The number of nitrogens with two attached hydrogens (primary N) is 1. The van der Waals surface area contributed by atoms with Crippen LogP contribution < -0.4 is 5.73 Å². The van der Waals surface area contributed by atoms with Crippen LogP contribution in [0.5, 0.6) is 0 Å². The Morgan fingerprint density at radius 2 is 1.83 bits per heavy atom. The number of hydrogen-bond donors (Lipinski definition) is 1. The van der Waals surface area contributed by atoms with Gasteiger partial charge < -0.3 is 15.2 Å². The summed E-state index contributed by atoms with van der Waals surface area (Å²) in [6.45, 7) is 0. The molecule has 0 radical (unpaired) electrons. The summed E-state index contributed by atoms with van der Waals surface area (Å²) < 4.78 is 8.81. The molecule has 0 aromatic carbocycles. The lowest BCUT2D eigenvalue weighted by Crippen LogP contribution is -2.33. The van der Waals surface area contributed by atoms with E-state index in [1.807, 2.05) is 0 Å². The standard InChI is InChI=1S/C10H12N2O5S/c1-16-9(14)5(4-11)7(18-3)6(8(12)13)10(15)17-2/h6H,1-3H3,(H2,12,13)/b7-5-. The molecule has 1 amide bonds. The molecule has 7 nitrogen and oxygen atoms in total. The van der Waals surface area contributed by atoms with E-state index in [-0.39, 0.29) is 4.91 Å². The van der Waals surface area contributed by atoms with E-state index in [1.165, 1.54) is 6.26 Å². The predicted octanol–water partition coefficient (Wildman–Crippen LogP) is -0.425. The molecule has 0 fully saturated rings.